The fourth-order valence-corrected chi connectivity index (χ4v) is 4.83. The molecule has 1 aliphatic heterocycles. The Morgan fingerprint density at radius 2 is 1.90 bits per heavy atom. The highest BCUT2D eigenvalue weighted by molar-refractivity contribution is 5.93. The number of aromatic nitrogens is 6. The van der Waals surface area contributed by atoms with Crippen LogP contribution in [0, 0.1) is 0 Å². The van der Waals surface area contributed by atoms with Crippen LogP contribution in [-0.2, 0) is 17.5 Å². The zero-order valence-electron chi connectivity index (χ0n) is 21.0. The van der Waals surface area contributed by atoms with Gasteiger partial charge < -0.3 is 19.9 Å². The third-order valence-corrected chi connectivity index (χ3v) is 6.93. The summed E-state index contributed by atoms with van der Waals surface area (Å²) in [4.78, 5) is 5.41. The third kappa shape index (κ3) is 5.57. The first-order chi connectivity index (χ1) is 18.9. The zero-order chi connectivity index (χ0) is 26.8. The van der Waals surface area contributed by atoms with E-state index in [9.17, 15) is 13.2 Å². The molecule has 3 aromatic heterocycles. The molecule has 0 atom stereocenters. The molecule has 1 saturated heterocycles. The molecule has 9 nitrogen and oxygen atoms in total. The van der Waals surface area contributed by atoms with E-state index in [4.69, 9.17) is 4.74 Å². The van der Waals surface area contributed by atoms with Crippen LogP contribution in [0.4, 0.5) is 18.9 Å². The number of alkyl halides is 3. The maximum absolute atomic E-state index is 12.9. The summed E-state index contributed by atoms with van der Waals surface area (Å²) in [5.74, 6) is 0. The Morgan fingerprint density at radius 3 is 2.72 bits per heavy atom. The molecule has 5 aromatic rings. The molecule has 0 radical (unpaired) electrons. The first kappa shape index (κ1) is 25.3. The van der Waals surface area contributed by atoms with E-state index < -0.39 is 11.7 Å². The summed E-state index contributed by atoms with van der Waals surface area (Å²) in [6.07, 6.45) is 1.09. The maximum Gasteiger partial charge on any atom is 0.416 e. The summed E-state index contributed by atoms with van der Waals surface area (Å²) >= 11 is 0. The number of halogens is 3. The molecular weight excluding hydrogens is 509 g/mol. The number of rotatable bonds is 10. The Labute approximate surface area is 221 Å². The number of hydrogen-bond acceptors (Lipinski definition) is 7. The lowest BCUT2D eigenvalue weighted by molar-refractivity contribution is -0.137. The second-order valence-corrected chi connectivity index (χ2v) is 9.69. The van der Waals surface area contributed by atoms with E-state index in [1.54, 1.807) is 18.5 Å². The van der Waals surface area contributed by atoms with Crippen molar-refractivity contribution in [3.63, 3.8) is 0 Å². The van der Waals surface area contributed by atoms with Gasteiger partial charge in [-0.15, -0.1) is 0 Å². The molecule has 6 rings (SSSR count). The van der Waals surface area contributed by atoms with Gasteiger partial charge in [0.05, 0.1) is 29.7 Å². The van der Waals surface area contributed by atoms with Gasteiger partial charge >= 0.3 is 6.18 Å². The highest BCUT2D eigenvalue weighted by atomic mass is 19.4. The number of hydrogen-bond donors (Lipinski definition) is 3. The highest BCUT2D eigenvalue weighted by Gasteiger charge is 2.31. The Balaban J connectivity index is 0.926. The lowest BCUT2D eigenvalue weighted by Crippen LogP contribution is -2.52. The lowest BCUT2D eigenvalue weighted by atomic mass is 10.0. The largest absolute Gasteiger partial charge is 0.416 e. The van der Waals surface area contributed by atoms with Crippen molar-refractivity contribution in [3.8, 4) is 11.1 Å². The Hall–Kier alpha value is -4.03. The van der Waals surface area contributed by atoms with E-state index >= 15 is 0 Å². The molecule has 0 amide bonds. The molecule has 2 aromatic carbocycles. The first-order valence-electron chi connectivity index (χ1n) is 12.8. The third-order valence-electron chi connectivity index (χ3n) is 6.93. The van der Waals surface area contributed by atoms with Crippen LogP contribution in [-0.4, -0.2) is 62.9 Å². The van der Waals surface area contributed by atoms with Crippen molar-refractivity contribution in [1.29, 1.82) is 0 Å². The molecule has 0 saturated carbocycles. The molecule has 1 aliphatic rings. The number of fused-ring (bicyclic) bond motifs is 2. The van der Waals surface area contributed by atoms with E-state index in [0.717, 1.165) is 72.1 Å². The minimum absolute atomic E-state index is 0.166. The van der Waals surface area contributed by atoms with Crippen LogP contribution in [0.5, 0.6) is 0 Å². The van der Waals surface area contributed by atoms with Crippen LogP contribution in [0.1, 0.15) is 24.1 Å². The van der Waals surface area contributed by atoms with Crippen molar-refractivity contribution in [3.05, 3.63) is 66.1 Å². The monoisotopic (exact) mass is 536 g/mol. The van der Waals surface area contributed by atoms with Crippen LogP contribution in [0.3, 0.4) is 0 Å². The van der Waals surface area contributed by atoms with E-state index in [1.165, 1.54) is 12.1 Å². The van der Waals surface area contributed by atoms with Gasteiger partial charge in [0.1, 0.15) is 11.0 Å². The van der Waals surface area contributed by atoms with Crippen molar-refractivity contribution in [2.45, 2.75) is 31.7 Å². The normalized spacial score (nSPS) is 14.4. The number of unbranched alkanes of at least 4 members (excludes halogenated alkanes) is 1. The predicted molar refractivity (Wildman–Crippen MR) is 141 cm³/mol. The maximum atomic E-state index is 12.9. The van der Waals surface area contributed by atoms with Crippen LogP contribution in [0.2, 0.25) is 0 Å². The number of ether oxygens (including phenoxy) is 1. The van der Waals surface area contributed by atoms with Crippen molar-refractivity contribution >= 4 is 27.6 Å². The summed E-state index contributed by atoms with van der Waals surface area (Å²) in [6.45, 7) is 3.61. The number of aromatic amines is 2. The van der Waals surface area contributed by atoms with E-state index in [1.807, 2.05) is 12.1 Å². The quantitative estimate of drug-likeness (QED) is 0.222. The van der Waals surface area contributed by atoms with Crippen LogP contribution >= 0.6 is 0 Å². The minimum atomic E-state index is -4.34. The number of benzene rings is 2. The fraction of sp³-hybridized carbons (Fsp3) is 0.333. The van der Waals surface area contributed by atoms with Gasteiger partial charge in [-0.25, -0.2) is 0 Å². The van der Waals surface area contributed by atoms with Crippen molar-refractivity contribution in [2.75, 3.05) is 31.1 Å². The van der Waals surface area contributed by atoms with E-state index in [2.05, 4.69) is 46.9 Å². The molecule has 0 unspecified atom stereocenters. The van der Waals surface area contributed by atoms with Crippen molar-refractivity contribution in [1.82, 2.24) is 35.9 Å². The highest BCUT2D eigenvalue weighted by Crippen LogP contribution is 2.34. The molecular formula is C27H27F3N8O. The van der Waals surface area contributed by atoms with Crippen molar-refractivity contribution in [2.24, 2.45) is 0 Å². The van der Waals surface area contributed by atoms with Gasteiger partial charge in [-0.1, -0.05) is 0 Å². The summed E-state index contributed by atoms with van der Waals surface area (Å²) < 4.78 is 44.8. The van der Waals surface area contributed by atoms with Gasteiger partial charge in [0.25, 0.3) is 0 Å². The topological polar surface area (TPSA) is 108 Å². The first-order valence-corrected chi connectivity index (χ1v) is 12.8. The average Bonchev–Trinajstić information content (AvgIpc) is 3.55. The Kier molecular flexibility index (Phi) is 6.88. The number of nitrogens with one attached hydrogen (secondary N) is 3. The van der Waals surface area contributed by atoms with Gasteiger partial charge in [0.15, 0.2) is 0 Å². The summed E-state index contributed by atoms with van der Waals surface area (Å²) in [7, 11) is 0. The van der Waals surface area contributed by atoms with E-state index in [0.29, 0.717) is 24.1 Å². The van der Waals surface area contributed by atoms with Crippen LogP contribution in [0.15, 0.2) is 54.9 Å². The molecule has 0 aliphatic carbocycles. The Bertz CT molecular complexity index is 1560. The number of H-pyrrole nitrogens is 2. The second kappa shape index (κ2) is 10.6. The van der Waals surface area contributed by atoms with Gasteiger partial charge in [-0.05, 0) is 67.4 Å². The number of nitrogens with zero attached hydrogens (tertiary/aromatic N) is 5. The Morgan fingerprint density at radius 1 is 1.00 bits per heavy atom. The van der Waals surface area contributed by atoms with Gasteiger partial charge in [0.2, 0.25) is 0 Å². The zero-order valence-corrected chi connectivity index (χ0v) is 21.0. The molecule has 202 valence electrons. The second-order valence-electron chi connectivity index (χ2n) is 9.69. The predicted octanol–water partition coefficient (Wildman–Crippen LogP) is 4.69. The summed E-state index contributed by atoms with van der Waals surface area (Å²) in [6, 6.07) is 11.5. The standard InChI is InChI=1S/C27H27F3N8O/c28-27(29,30)20-3-4-23-19(9-20)10-21(34-23)14-31-6-1-2-8-39-22-15-38(16-22)25-12-18(17-5-7-32-33-13-17)11-24-26(25)36-37-35-24/h3-5,7,9-13,22,31,34H,1-2,6,8,14-16H2,(H,35,36,37). The van der Waals surface area contributed by atoms with Crippen LogP contribution < -0.4 is 10.2 Å². The molecule has 4 heterocycles. The lowest BCUT2D eigenvalue weighted by Gasteiger charge is -2.40. The molecule has 39 heavy (non-hydrogen) atoms. The summed E-state index contributed by atoms with van der Waals surface area (Å²) in [5, 5.41) is 23.1. The molecule has 12 heteroatoms. The van der Waals surface area contributed by atoms with Gasteiger partial charge in [-0.2, -0.15) is 38.8 Å². The molecule has 1 fully saturated rings. The van der Waals surface area contributed by atoms with Gasteiger partial charge in [-0.3, -0.25) is 0 Å². The SMILES string of the molecule is FC(F)(F)c1ccc2[nH]c(CNCCCCOC3CN(c4cc(-c5ccnnc5)cc5n[nH]nc45)C3)cc2c1. The molecule has 0 bridgehead atoms. The van der Waals surface area contributed by atoms with E-state index in [-0.39, 0.29) is 6.10 Å². The molecule has 0 spiro atoms. The van der Waals surface area contributed by atoms with Crippen molar-refractivity contribution < 1.29 is 17.9 Å². The van der Waals surface area contributed by atoms with Gasteiger partial charge in [0, 0.05) is 48.4 Å². The smallest absolute Gasteiger partial charge is 0.375 e. The average molecular weight is 537 g/mol. The van der Waals surface area contributed by atoms with Crippen LogP contribution in [0.25, 0.3) is 33.1 Å². The fourth-order valence-electron chi connectivity index (χ4n) is 4.83. The number of anilines is 1. The summed E-state index contributed by atoms with van der Waals surface area (Å²) in [5.41, 5.74) is 5.56. The molecule has 3 N–H and O–H groups in total. The minimum Gasteiger partial charge on any atom is -0.375 e.